The first-order valence-corrected chi connectivity index (χ1v) is 5.30. The van der Waals surface area contributed by atoms with E-state index in [0.29, 0.717) is 17.8 Å². The zero-order valence-electron chi connectivity index (χ0n) is 7.68. The Morgan fingerprint density at radius 2 is 1.23 bits per heavy atom. The van der Waals surface area contributed by atoms with Crippen LogP contribution >= 0.6 is 0 Å². The van der Waals surface area contributed by atoms with Crippen molar-refractivity contribution in [2.75, 3.05) is 0 Å². The fraction of sp³-hybridized carbons (Fsp3) is 1.00. The van der Waals surface area contributed by atoms with Gasteiger partial charge in [0.1, 0.15) is 0 Å². The maximum absolute atomic E-state index is 12.8. The summed E-state index contributed by atoms with van der Waals surface area (Å²) in [6.07, 6.45) is 5.96. The molecular formula is C10H15F2N. The van der Waals surface area contributed by atoms with Crippen LogP contribution in [-0.4, -0.2) is 10.9 Å². The first-order chi connectivity index (χ1) is 6.18. The molecule has 0 aromatic rings. The fourth-order valence-electron chi connectivity index (χ4n) is 4.27. The largest absolute Gasteiger partial charge is 0.101 e. The minimum Gasteiger partial charge on any atom is -0.101 e. The quantitative estimate of drug-likeness (QED) is 0.570. The van der Waals surface area contributed by atoms with Crippen molar-refractivity contribution in [2.24, 2.45) is 17.8 Å². The molecule has 0 saturated heterocycles. The molecule has 0 aliphatic heterocycles. The lowest BCUT2D eigenvalue weighted by molar-refractivity contribution is -0.274. The summed E-state index contributed by atoms with van der Waals surface area (Å²) in [4.78, 5) is 0. The lowest BCUT2D eigenvalue weighted by atomic mass is 9.53. The van der Waals surface area contributed by atoms with Gasteiger partial charge in [0.15, 0.2) is 0 Å². The highest BCUT2D eigenvalue weighted by Gasteiger charge is 2.55. The molecule has 1 nitrogen and oxygen atoms in total. The van der Waals surface area contributed by atoms with E-state index in [-0.39, 0.29) is 0 Å². The summed E-state index contributed by atoms with van der Waals surface area (Å²) in [6, 6.07) is 0. The average Bonchev–Trinajstić information content (AvgIpc) is 2.00. The Morgan fingerprint density at radius 1 is 0.846 bits per heavy atom. The second kappa shape index (κ2) is 2.44. The van der Waals surface area contributed by atoms with Crippen LogP contribution < -0.4 is 0 Å². The molecule has 3 heteroatoms. The Morgan fingerprint density at radius 3 is 1.54 bits per heavy atom. The van der Waals surface area contributed by atoms with E-state index in [1.807, 2.05) is 0 Å². The first kappa shape index (κ1) is 8.16. The highest BCUT2D eigenvalue weighted by atomic mass is 19.4. The van der Waals surface area contributed by atoms with Crippen LogP contribution in [0.4, 0.5) is 8.96 Å². The van der Waals surface area contributed by atoms with E-state index in [1.54, 1.807) is 0 Å². The van der Waals surface area contributed by atoms with Gasteiger partial charge in [-0.1, -0.05) is 0 Å². The van der Waals surface area contributed by atoms with Gasteiger partial charge in [-0.05, 0) is 56.3 Å². The summed E-state index contributed by atoms with van der Waals surface area (Å²) in [5.74, 6) is 1.83. The monoisotopic (exact) mass is 187 g/mol. The summed E-state index contributed by atoms with van der Waals surface area (Å²) in [6.45, 7) is 0. The van der Waals surface area contributed by atoms with Crippen LogP contribution in [-0.2, 0) is 0 Å². The fourth-order valence-corrected chi connectivity index (χ4v) is 4.27. The molecule has 4 saturated carbocycles. The van der Waals surface area contributed by atoms with Crippen molar-refractivity contribution in [2.45, 2.75) is 44.1 Å². The Labute approximate surface area is 77.0 Å². The van der Waals surface area contributed by atoms with E-state index in [0.717, 1.165) is 19.3 Å². The lowest BCUT2D eigenvalue weighted by Crippen LogP contribution is -2.55. The topological polar surface area (TPSA) is 3.24 Å². The Bertz CT molecular complexity index is 192. The van der Waals surface area contributed by atoms with E-state index in [2.05, 4.69) is 0 Å². The van der Waals surface area contributed by atoms with E-state index < -0.39 is 10.9 Å². The second-order valence-electron chi connectivity index (χ2n) is 5.37. The zero-order chi connectivity index (χ0) is 9.05. The predicted octanol–water partition coefficient (Wildman–Crippen LogP) is 3.03. The van der Waals surface area contributed by atoms with Crippen molar-refractivity contribution in [3.8, 4) is 0 Å². The van der Waals surface area contributed by atoms with E-state index in [1.165, 1.54) is 19.3 Å². The van der Waals surface area contributed by atoms with Crippen molar-refractivity contribution in [1.82, 2.24) is 5.34 Å². The molecule has 0 aromatic heterocycles. The van der Waals surface area contributed by atoms with Gasteiger partial charge < -0.3 is 0 Å². The van der Waals surface area contributed by atoms with Crippen LogP contribution in [0.25, 0.3) is 0 Å². The normalized spacial score (nSPS) is 53.3. The molecular weight excluding hydrogens is 172 g/mol. The van der Waals surface area contributed by atoms with Crippen LogP contribution in [0, 0.1) is 17.8 Å². The van der Waals surface area contributed by atoms with E-state index in [9.17, 15) is 8.96 Å². The molecule has 0 spiro atoms. The molecule has 0 radical (unpaired) electrons. The molecule has 4 fully saturated rings. The first-order valence-electron chi connectivity index (χ1n) is 5.30. The minimum absolute atomic E-state index is 0.461. The molecule has 0 amide bonds. The summed E-state index contributed by atoms with van der Waals surface area (Å²) in [5.41, 5.74) is -0.700. The second-order valence-corrected chi connectivity index (χ2v) is 5.37. The average molecular weight is 187 g/mol. The SMILES string of the molecule is FN(F)C12CC3CC(CC(C3)C1)C2. The molecule has 13 heavy (non-hydrogen) atoms. The number of halogens is 2. The van der Waals surface area contributed by atoms with Gasteiger partial charge in [-0.25, -0.2) is 0 Å². The van der Waals surface area contributed by atoms with Gasteiger partial charge in [0.05, 0.1) is 5.54 Å². The molecule has 4 aliphatic carbocycles. The summed E-state index contributed by atoms with van der Waals surface area (Å²) < 4.78 is 25.6. The molecule has 74 valence electrons. The summed E-state index contributed by atoms with van der Waals surface area (Å²) in [5, 5.41) is -0.461. The lowest BCUT2D eigenvalue weighted by Gasteiger charge is -2.55. The van der Waals surface area contributed by atoms with Crippen LogP contribution in [0.3, 0.4) is 0 Å². The van der Waals surface area contributed by atoms with Crippen LogP contribution in [0.2, 0.25) is 0 Å². The van der Waals surface area contributed by atoms with Gasteiger partial charge in [0, 0.05) is 5.34 Å². The highest BCUT2D eigenvalue weighted by molar-refractivity contribution is 5.04. The molecule has 4 bridgehead atoms. The molecule has 4 aliphatic rings. The van der Waals surface area contributed by atoms with Gasteiger partial charge >= 0.3 is 0 Å². The third-order valence-electron chi connectivity index (χ3n) is 4.36. The molecule has 0 unspecified atom stereocenters. The molecule has 0 N–H and O–H groups in total. The van der Waals surface area contributed by atoms with Gasteiger partial charge in [0.2, 0.25) is 0 Å². The van der Waals surface area contributed by atoms with Crippen LogP contribution in [0.5, 0.6) is 0 Å². The van der Waals surface area contributed by atoms with Crippen molar-refractivity contribution >= 4 is 0 Å². The molecule has 0 heterocycles. The molecule has 0 aromatic carbocycles. The maximum atomic E-state index is 12.8. The van der Waals surface area contributed by atoms with Gasteiger partial charge in [0.25, 0.3) is 0 Å². The van der Waals surface area contributed by atoms with Gasteiger partial charge in [-0.15, -0.1) is 8.96 Å². The van der Waals surface area contributed by atoms with Crippen molar-refractivity contribution in [3.05, 3.63) is 0 Å². The molecule has 4 rings (SSSR count). The van der Waals surface area contributed by atoms with Crippen molar-refractivity contribution < 1.29 is 8.96 Å². The van der Waals surface area contributed by atoms with E-state index in [4.69, 9.17) is 0 Å². The predicted molar refractivity (Wildman–Crippen MR) is 45.0 cm³/mol. The van der Waals surface area contributed by atoms with Crippen LogP contribution in [0.15, 0.2) is 0 Å². The number of nitrogens with zero attached hydrogens (tertiary/aromatic N) is 1. The highest BCUT2D eigenvalue weighted by Crippen LogP contribution is 2.57. The zero-order valence-corrected chi connectivity index (χ0v) is 7.68. The summed E-state index contributed by atoms with van der Waals surface area (Å²) in [7, 11) is 0. The van der Waals surface area contributed by atoms with Crippen LogP contribution in [0.1, 0.15) is 38.5 Å². The number of hydrogen-bond donors (Lipinski definition) is 0. The van der Waals surface area contributed by atoms with Gasteiger partial charge in [-0.2, -0.15) is 0 Å². The number of rotatable bonds is 1. The smallest absolute Gasteiger partial charge is 0.0847 e. The maximum Gasteiger partial charge on any atom is 0.0847 e. The Kier molecular flexibility index (Phi) is 1.53. The van der Waals surface area contributed by atoms with Gasteiger partial charge in [-0.3, -0.25) is 0 Å². The third kappa shape index (κ3) is 1.06. The standard InChI is InChI=1S/C10H15F2N/c11-13(12)10-4-7-1-8(5-10)3-9(2-7)6-10/h7-9H,1-6H2. The number of hydrogen-bond acceptors (Lipinski definition) is 1. The third-order valence-corrected chi connectivity index (χ3v) is 4.36. The Hall–Kier alpha value is -0.180. The minimum atomic E-state index is -0.700. The Balaban J connectivity index is 1.91. The van der Waals surface area contributed by atoms with Crippen molar-refractivity contribution in [1.29, 1.82) is 0 Å². The molecule has 0 atom stereocenters. The van der Waals surface area contributed by atoms with E-state index >= 15 is 0 Å². The van der Waals surface area contributed by atoms with Crippen molar-refractivity contribution in [3.63, 3.8) is 0 Å². The summed E-state index contributed by atoms with van der Waals surface area (Å²) >= 11 is 0.